The van der Waals surface area contributed by atoms with Gasteiger partial charge in [-0.3, -0.25) is 0 Å². The lowest BCUT2D eigenvalue weighted by Crippen LogP contribution is -2.09. The molecule has 3 heterocycles. The van der Waals surface area contributed by atoms with Crippen molar-refractivity contribution in [2.75, 3.05) is 4.90 Å². The number of fused-ring (bicyclic) bond motifs is 9. The van der Waals surface area contributed by atoms with E-state index in [1.165, 1.54) is 27.4 Å². The van der Waals surface area contributed by atoms with Gasteiger partial charge in [0.15, 0.2) is 0 Å². The molecule has 13 aromatic rings. The van der Waals surface area contributed by atoms with E-state index in [9.17, 15) is 0 Å². The lowest BCUT2D eigenvalue weighted by atomic mass is 10.00. The summed E-state index contributed by atoms with van der Waals surface area (Å²) in [6, 6.07) is 82.1. The van der Waals surface area contributed by atoms with Gasteiger partial charge in [0, 0.05) is 66.2 Å². The van der Waals surface area contributed by atoms with Gasteiger partial charge >= 0.3 is 0 Å². The van der Waals surface area contributed by atoms with E-state index in [1.807, 2.05) is 24.3 Å². The predicted molar refractivity (Wildman–Crippen MR) is 266 cm³/mol. The Labute approximate surface area is 369 Å². The Hall–Kier alpha value is -8.60. The zero-order valence-electron chi connectivity index (χ0n) is 34.7. The SMILES string of the molecule is c1ccc(-n2c3ccccc3c3cc(-c4ccc(N(c5ccc(-c6cccc7c6oc6ccccc67)cc5)c5ccc(-c6cccc7c6oc6ccccc67)cc5)cc4)ccc32)cc1. The number of para-hydroxylation sites is 6. The monoisotopic (exact) mass is 818 g/mol. The van der Waals surface area contributed by atoms with Gasteiger partial charge in [-0.25, -0.2) is 0 Å². The van der Waals surface area contributed by atoms with Crippen molar-refractivity contribution in [2.45, 2.75) is 0 Å². The second kappa shape index (κ2) is 14.5. The molecule has 0 amide bonds. The highest BCUT2D eigenvalue weighted by atomic mass is 16.3. The van der Waals surface area contributed by atoms with Crippen LogP contribution in [0.5, 0.6) is 0 Å². The summed E-state index contributed by atoms with van der Waals surface area (Å²) in [6.45, 7) is 0. The van der Waals surface area contributed by atoms with E-state index in [4.69, 9.17) is 8.83 Å². The molecule has 4 heteroatoms. The fourth-order valence-corrected chi connectivity index (χ4v) is 9.79. The molecule has 0 saturated carbocycles. The molecule has 0 bridgehead atoms. The molecule has 4 nitrogen and oxygen atoms in total. The highest BCUT2D eigenvalue weighted by Crippen LogP contribution is 2.42. The molecule has 0 fully saturated rings. The Morgan fingerprint density at radius 2 is 0.734 bits per heavy atom. The van der Waals surface area contributed by atoms with Gasteiger partial charge in [0.25, 0.3) is 0 Å². The first-order valence-corrected chi connectivity index (χ1v) is 21.7. The molecule has 0 N–H and O–H groups in total. The molecule has 0 spiro atoms. The maximum absolute atomic E-state index is 6.44. The summed E-state index contributed by atoms with van der Waals surface area (Å²) in [4.78, 5) is 2.33. The van der Waals surface area contributed by atoms with E-state index in [1.54, 1.807) is 0 Å². The van der Waals surface area contributed by atoms with Crippen LogP contribution in [0.25, 0.3) is 105 Å². The summed E-state index contributed by atoms with van der Waals surface area (Å²) in [7, 11) is 0. The van der Waals surface area contributed by atoms with Gasteiger partial charge in [-0.2, -0.15) is 0 Å². The maximum atomic E-state index is 6.44. The largest absolute Gasteiger partial charge is 0.455 e. The van der Waals surface area contributed by atoms with Crippen molar-refractivity contribution < 1.29 is 8.83 Å². The molecule has 13 rings (SSSR count). The Kier molecular flexibility index (Phi) is 8.18. The molecule has 0 saturated heterocycles. The zero-order valence-corrected chi connectivity index (χ0v) is 34.7. The van der Waals surface area contributed by atoms with E-state index >= 15 is 0 Å². The standard InChI is InChI=1S/C60H38N2O2/c1-2-12-43(13-3-1)62-55-21-7-4-14-49(55)54-38-42(30-37-56(54)62)39-24-31-44(32-25-39)61(45-33-26-40(27-34-45)47-17-10-19-52-50-15-5-8-22-57(50)63-59(47)52)46-35-28-41(29-36-46)48-18-11-20-53-51-16-6-9-23-58(51)64-60(48)53/h1-38H. The van der Waals surface area contributed by atoms with Crippen LogP contribution in [-0.2, 0) is 0 Å². The lowest BCUT2D eigenvalue weighted by Gasteiger charge is -2.26. The third kappa shape index (κ3) is 5.77. The third-order valence-electron chi connectivity index (χ3n) is 12.8. The van der Waals surface area contributed by atoms with E-state index in [0.29, 0.717) is 0 Å². The summed E-state index contributed by atoms with van der Waals surface area (Å²) >= 11 is 0. The van der Waals surface area contributed by atoms with E-state index in [0.717, 1.165) is 94.4 Å². The second-order valence-electron chi connectivity index (χ2n) is 16.5. The fourth-order valence-electron chi connectivity index (χ4n) is 9.79. The Morgan fingerprint density at radius 1 is 0.297 bits per heavy atom. The fraction of sp³-hybridized carbons (Fsp3) is 0. The number of furan rings is 2. The second-order valence-corrected chi connectivity index (χ2v) is 16.5. The molecule has 0 aliphatic rings. The van der Waals surface area contributed by atoms with Gasteiger partial charge < -0.3 is 18.3 Å². The Balaban J connectivity index is 0.901. The Morgan fingerprint density at radius 3 is 1.30 bits per heavy atom. The van der Waals surface area contributed by atoms with E-state index < -0.39 is 0 Å². The van der Waals surface area contributed by atoms with Gasteiger partial charge in [0.05, 0.1) is 11.0 Å². The van der Waals surface area contributed by atoms with Crippen LogP contribution in [0.1, 0.15) is 0 Å². The minimum atomic E-state index is 0.898. The van der Waals surface area contributed by atoms with Crippen LogP contribution in [0.15, 0.2) is 239 Å². The molecule has 0 unspecified atom stereocenters. The number of benzene rings is 10. The van der Waals surface area contributed by atoms with Crippen molar-refractivity contribution in [1.29, 1.82) is 0 Å². The number of hydrogen-bond acceptors (Lipinski definition) is 3. The van der Waals surface area contributed by atoms with E-state index in [2.05, 4.69) is 216 Å². The van der Waals surface area contributed by atoms with Crippen molar-refractivity contribution in [3.8, 4) is 39.1 Å². The first-order valence-electron chi connectivity index (χ1n) is 21.7. The highest BCUT2D eigenvalue weighted by molar-refractivity contribution is 6.12. The molecule has 0 aliphatic carbocycles. The molecular weight excluding hydrogens is 781 g/mol. The normalized spacial score (nSPS) is 11.8. The van der Waals surface area contributed by atoms with Crippen molar-refractivity contribution in [1.82, 2.24) is 4.57 Å². The number of aromatic nitrogens is 1. The molecule has 3 aromatic heterocycles. The van der Waals surface area contributed by atoms with E-state index in [-0.39, 0.29) is 0 Å². The number of rotatable bonds is 7. The van der Waals surface area contributed by atoms with Crippen LogP contribution < -0.4 is 4.90 Å². The summed E-state index contributed by atoms with van der Waals surface area (Å²) in [5, 5.41) is 6.98. The van der Waals surface area contributed by atoms with Crippen LogP contribution >= 0.6 is 0 Å². The first-order chi connectivity index (χ1) is 31.7. The average Bonchev–Trinajstić information content (AvgIpc) is 4.05. The number of nitrogens with zero attached hydrogens (tertiary/aromatic N) is 2. The quantitative estimate of drug-likeness (QED) is 0.161. The van der Waals surface area contributed by atoms with Gasteiger partial charge in [0.2, 0.25) is 0 Å². The van der Waals surface area contributed by atoms with Crippen molar-refractivity contribution in [3.63, 3.8) is 0 Å². The Bertz CT molecular complexity index is 3720. The van der Waals surface area contributed by atoms with Crippen LogP contribution in [0.4, 0.5) is 17.1 Å². The van der Waals surface area contributed by atoms with Crippen LogP contribution in [-0.4, -0.2) is 4.57 Å². The smallest absolute Gasteiger partial charge is 0.143 e. The van der Waals surface area contributed by atoms with Crippen molar-refractivity contribution in [3.05, 3.63) is 231 Å². The molecule has 10 aromatic carbocycles. The van der Waals surface area contributed by atoms with Crippen LogP contribution in [0, 0.1) is 0 Å². The van der Waals surface area contributed by atoms with Crippen LogP contribution in [0.3, 0.4) is 0 Å². The maximum Gasteiger partial charge on any atom is 0.143 e. The molecular formula is C60H38N2O2. The lowest BCUT2D eigenvalue weighted by molar-refractivity contribution is 0.669. The average molecular weight is 819 g/mol. The minimum Gasteiger partial charge on any atom is -0.455 e. The summed E-state index contributed by atoms with van der Waals surface area (Å²) in [5.74, 6) is 0. The van der Waals surface area contributed by atoms with Gasteiger partial charge in [-0.15, -0.1) is 0 Å². The van der Waals surface area contributed by atoms with Gasteiger partial charge in [0.1, 0.15) is 22.3 Å². The molecule has 0 radical (unpaired) electrons. The topological polar surface area (TPSA) is 34.5 Å². The molecule has 64 heavy (non-hydrogen) atoms. The first kappa shape index (κ1) is 36.1. The van der Waals surface area contributed by atoms with Gasteiger partial charge in [-0.1, -0.05) is 152 Å². The predicted octanol–water partition coefficient (Wildman–Crippen LogP) is 17.1. The van der Waals surface area contributed by atoms with Crippen LogP contribution in [0.2, 0.25) is 0 Å². The van der Waals surface area contributed by atoms with Crippen molar-refractivity contribution >= 4 is 82.7 Å². The summed E-state index contributed by atoms with van der Waals surface area (Å²) < 4.78 is 15.2. The summed E-state index contributed by atoms with van der Waals surface area (Å²) in [5.41, 5.74) is 17.0. The number of hydrogen-bond donors (Lipinski definition) is 0. The third-order valence-corrected chi connectivity index (χ3v) is 12.8. The minimum absolute atomic E-state index is 0.898. The number of anilines is 3. The summed E-state index contributed by atoms with van der Waals surface area (Å²) in [6.07, 6.45) is 0. The molecule has 0 atom stereocenters. The zero-order chi connectivity index (χ0) is 42.1. The molecule has 0 aliphatic heterocycles. The van der Waals surface area contributed by atoms with Crippen molar-refractivity contribution in [2.24, 2.45) is 0 Å². The van der Waals surface area contributed by atoms with Gasteiger partial charge in [-0.05, 0) is 101 Å². The highest BCUT2D eigenvalue weighted by Gasteiger charge is 2.18. The molecule has 300 valence electrons.